The van der Waals surface area contributed by atoms with Crippen molar-refractivity contribution in [1.29, 1.82) is 0 Å². The van der Waals surface area contributed by atoms with Gasteiger partial charge in [0.25, 0.3) is 0 Å². The van der Waals surface area contributed by atoms with Crippen LogP contribution < -0.4 is 10.7 Å². The summed E-state index contributed by atoms with van der Waals surface area (Å²) >= 11 is 0. The van der Waals surface area contributed by atoms with Gasteiger partial charge in [0.2, 0.25) is 5.66 Å². The fourth-order valence-electron chi connectivity index (χ4n) is 1.22. The molecular formula is C9H8N2O. The van der Waals surface area contributed by atoms with E-state index in [-0.39, 0.29) is 0 Å². The molecule has 0 radical (unpaired) electrons. The first-order valence-electron chi connectivity index (χ1n) is 3.75. The zero-order valence-electron chi connectivity index (χ0n) is 6.69. The van der Waals surface area contributed by atoms with E-state index in [2.05, 4.69) is 9.98 Å². The van der Waals surface area contributed by atoms with Gasteiger partial charge in [0.15, 0.2) is 6.29 Å². The third-order valence-electron chi connectivity index (χ3n) is 1.80. The number of aldehydes is 1. The molecule has 0 atom stereocenters. The van der Waals surface area contributed by atoms with Gasteiger partial charge in [0.05, 0.1) is 10.7 Å². The van der Waals surface area contributed by atoms with Crippen molar-refractivity contribution in [2.45, 2.75) is 12.6 Å². The Morgan fingerprint density at radius 1 is 1.25 bits per heavy atom. The zero-order valence-corrected chi connectivity index (χ0v) is 6.69. The first-order chi connectivity index (χ1) is 5.73. The van der Waals surface area contributed by atoms with Crippen LogP contribution in [-0.2, 0) is 4.79 Å². The predicted octanol–water partition coefficient (Wildman–Crippen LogP) is -0.145. The van der Waals surface area contributed by atoms with Gasteiger partial charge in [-0.15, -0.1) is 0 Å². The maximum Gasteiger partial charge on any atom is 0.203 e. The summed E-state index contributed by atoms with van der Waals surface area (Å²) in [4.78, 5) is 18.9. The van der Waals surface area contributed by atoms with Crippen LogP contribution >= 0.6 is 0 Å². The van der Waals surface area contributed by atoms with Crippen LogP contribution in [-0.4, -0.2) is 11.9 Å². The highest BCUT2D eigenvalue weighted by Crippen LogP contribution is 2.07. The molecule has 1 aliphatic rings. The standard InChI is InChI=1S/C9H8N2O/c1-9(6-12)10-7-4-2-3-5-8(7)11-9/h2-6H,1H3. The van der Waals surface area contributed by atoms with E-state index in [1.807, 2.05) is 24.3 Å². The Morgan fingerprint density at radius 3 is 2.17 bits per heavy atom. The van der Waals surface area contributed by atoms with Gasteiger partial charge in [-0.05, 0) is 19.1 Å². The van der Waals surface area contributed by atoms with Crippen LogP contribution in [0.2, 0.25) is 0 Å². The van der Waals surface area contributed by atoms with Gasteiger partial charge in [-0.25, -0.2) is 9.98 Å². The smallest absolute Gasteiger partial charge is 0.203 e. The molecule has 0 fully saturated rings. The van der Waals surface area contributed by atoms with Crippen LogP contribution in [0.3, 0.4) is 0 Å². The molecule has 1 aromatic rings. The van der Waals surface area contributed by atoms with Crippen LogP contribution in [0, 0.1) is 0 Å². The normalized spacial score (nSPS) is 17.4. The molecular weight excluding hydrogens is 152 g/mol. The molecule has 12 heavy (non-hydrogen) atoms. The first-order valence-corrected chi connectivity index (χ1v) is 3.75. The molecule has 0 spiro atoms. The number of para-hydroxylation sites is 2. The number of hydrogen-bond acceptors (Lipinski definition) is 3. The minimum atomic E-state index is -0.885. The van der Waals surface area contributed by atoms with Gasteiger partial charge in [0, 0.05) is 0 Å². The van der Waals surface area contributed by atoms with E-state index >= 15 is 0 Å². The summed E-state index contributed by atoms with van der Waals surface area (Å²) in [6.45, 7) is 1.69. The monoisotopic (exact) mass is 160 g/mol. The molecule has 3 heteroatoms. The number of nitrogens with zero attached hydrogens (tertiary/aromatic N) is 2. The Bertz CT molecular complexity index is 401. The van der Waals surface area contributed by atoms with E-state index in [0.717, 1.165) is 17.0 Å². The van der Waals surface area contributed by atoms with E-state index in [4.69, 9.17) is 0 Å². The van der Waals surface area contributed by atoms with E-state index in [1.54, 1.807) is 6.92 Å². The molecule has 0 unspecified atom stereocenters. The van der Waals surface area contributed by atoms with E-state index in [0.29, 0.717) is 0 Å². The lowest BCUT2D eigenvalue weighted by Gasteiger charge is -2.05. The zero-order chi connectivity index (χ0) is 8.60. The molecule has 0 amide bonds. The number of benzene rings is 1. The minimum Gasteiger partial charge on any atom is -0.298 e. The number of rotatable bonds is 1. The number of hydrogen-bond donors (Lipinski definition) is 0. The van der Waals surface area contributed by atoms with Gasteiger partial charge in [-0.2, -0.15) is 0 Å². The van der Waals surface area contributed by atoms with Crippen LogP contribution in [0.5, 0.6) is 0 Å². The summed E-state index contributed by atoms with van der Waals surface area (Å²) in [5, 5.41) is 1.60. The fourth-order valence-corrected chi connectivity index (χ4v) is 1.22. The van der Waals surface area contributed by atoms with Crippen LogP contribution in [0.25, 0.3) is 0 Å². The van der Waals surface area contributed by atoms with Crippen molar-refractivity contribution >= 4 is 6.29 Å². The Labute approximate surface area is 69.5 Å². The predicted molar refractivity (Wildman–Crippen MR) is 43.2 cm³/mol. The van der Waals surface area contributed by atoms with Crippen molar-refractivity contribution in [1.82, 2.24) is 0 Å². The maximum absolute atomic E-state index is 10.6. The molecule has 1 heterocycles. The van der Waals surface area contributed by atoms with Gasteiger partial charge in [-0.1, -0.05) is 12.1 Å². The van der Waals surface area contributed by atoms with Crippen molar-refractivity contribution in [3.05, 3.63) is 35.0 Å². The quantitative estimate of drug-likeness (QED) is 0.527. The van der Waals surface area contributed by atoms with Crippen molar-refractivity contribution in [2.24, 2.45) is 9.98 Å². The van der Waals surface area contributed by atoms with Gasteiger partial charge < -0.3 is 0 Å². The molecule has 0 saturated heterocycles. The Hall–Kier alpha value is -1.51. The van der Waals surface area contributed by atoms with Crippen molar-refractivity contribution in [3.63, 3.8) is 0 Å². The lowest BCUT2D eigenvalue weighted by atomic mass is 10.3. The third kappa shape index (κ3) is 0.942. The second-order valence-electron chi connectivity index (χ2n) is 2.92. The summed E-state index contributed by atoms with van der Waals surface area (Å²) in [5.74, 6) is 0. The highest BCUT2D eigenvalue weighted by Gasteiger charge is 2.23. The number of carbonyl (C=O) groups excluding carboxylic acids is 1. The molecule has 3 nitrogen and oxygen atoms in total. The van der Waals surface area contributed by atoms with Gasteiger partial charge >= 0.3 is 0 Å². The van der Waals surface area contributed by atoms with Crippen LogP contribution in [0.1, 0.15) is 6.92 Å². The Balaban J connectivity index is 2.75. The highest BCUT2D eigenvalue weighted by atomic mass is 16.1. The SMILES string of the molecule is CC1(C=O)N=c2ccccc2=N1. The lowest BCUT2D eigenvalue weighted by molar-refractivity contribution is -0.111. The molecule has 2 rings (SSSR count). The molecule has 1 aliphatic heterocycles. The highest BCUT2D eigenvalue weighted by molar-refractivity contribution is 5.63. The maximum atomic E-state index is 10.6. The van der Waals surface area contributed by atoms with Gasteiger partial charge in [-0.3, -0.25) is 4.79 Å². The molecule has 0 saturated carbocycles. The second-order valence-corrected chi connectivity index (χ2v) is 2.92. The summed E-state index contributed by atoms with van der Waals surface area (Å²) in [5.41, 5.74) is -0.885. The van der Waals surface area contributed by atoms with Gasteiger partial charge in [0.1, 0.15) is 0 Å². The van der Waals surface area contributed by atoms with E-state index in [9.17, 15) is 4.79 Å². The number of fused-ring (bicyclic) bond motifs is 1. The van der Waals surface area contributed by atoms with Crippen LogP contribution in [0.15, 0.2) is 34.3 Å². The molecule has 0 aromatic heterocycles. The minimum absolute atomic E-state index is 0.757. The first kappa shape index (κ1) is 7.16. The molecule has 60 valence electrons. The average molecular weight is 160 g/mol. The summed E-state index contributed by atoms with van der Waals surface area (Å²) in [6, 6.07) is 7.48. The Kier molecular flexibility index (Phi) is 1.33. The summed E-state index contributed by atoms with van der Waals surface area (Å²) in [7, 11) is 0. The van der Waals surface area contributed by atoms with E-state index in [1.165, 1.54) is 0 Å². The topological polar surface area (TPSA) is 41.8 Å². The van der Waals surface area contributed by atoms with E-state index < -0.39 is 5.66 Å². The molecule has 0 bridgehead atoms. The molecule has 0 aliphatic carbocycles. The lowest BCUT2D eigenvalue weighted by Crippen LogP contribution is -2.19. The summed E-state index contributed by atoms with van der Waals surface area (Å²) < 4.78 is 0. The largest absolute Gasteiger partial charge is 0.298 e. The molecule has 1 aromatic carbocycles. The number of carbonyl (C=O) groups is 1. The van der Waals surface area contributed by atoms with Crippen molar-refractivity contribution < 1.29 is 4.79 Å². The Morgan fingerprint density at radius 2 is 1.75 bits per heavy atom. The second kappa shape index (κ2) is 2.24. The van der Waals surface area contributed by atoms with Crippen molar-refractivity contribution in [3.8, 4) is 0 Å². The third-order valence-corrected chi connectivity index (χ3v) is 1.80. The average Bonchev–Trinajstić information content (AvgIpc) is 2.42. The molecule has 0 N–H and O–H groups in total. The summed E-state index contributed by atoms with van der Waals surface area (Å²) in [6.07, 6.45) is 0.757. The van der Waals surface area contributed by atoms with Crippen LogP contribution in [0.4, 0.5) is 0 Å². The van der Waals surface area contributed by atoms with Crippen molar-refractivity contribution in [2.75, 3.05) is 0 Å². The fraction of sp³-hybridized carbons (Fsp3) is 0.222.